The van der Waals surface area contributed by atoms with Crippen molar-refractivity contribution in [2.24, 2.45) is 0 Å². The van der Waals surface area contributed by atoms with Crippen LogP contribution in [0.15, 0.2) is 122 Å². The van der Waals surface area contributed by atoms with Gasteiger partial charge in [-0.25, -0.2) is 0 Å². The lowest BCUT2D eigenvalue weighted by Crippen LogP contribution is -2.61. The number of aliphatic hydroxyl groups excluding tert-OH is 5. The van der Waals surface area contributed by atoms with Crippen LogP contribution >= 0.6 is 0 Å². The van der Waals surface area contributed by atoms with Crippen molar-refractivity contribution in [3.63, 3.8) is 0 Å². The summed E-state index contributed by atoms with van der Waals surface area (Å²) in [5, 5.41) is 57.0. The zero-order valence-corrected chi connectivity index (χ0v) is 51.8. The summed E-state index contributed by atoms with van der Waals surface area (Å²) in [5.74, 6) is -1.25. The predicted octanol–water partition coefficient (Wildman–Crippen LogP) is 16.2. The fraction of sp³-hybridized carbons (Fsp3) is 0.690. The quantitative estimate of drug-likeness (QED) is 0.0149. The number of nitrogens with one attached hydrogen (secondary N) is 1. The van der Waals surface area contributed by atoms with E-state index >= 15 is 0 Å². The van der Waals surface area contributed by atoms with Crippen LogP contribution in [0.4, 0.5) is 0 Å². The van der Waals surface area contributed by atoms with Gasteiger partial charge in [0, 0.05) is 6.42 Å². The summed E-state index contributed by atoms with van der Waals surface area (Å²) < 4.78 is 17.6. The van der Waals surface area contributed by atoms with E-state index in [0.29, 0.717) is 12.8 Å². The summed E-state index contributed by atoms with van der Waals surface area (Å²) in [6.07, 6.45) is 69.5. The minimum Gasteiger partial charge on any atom is -0.454 e. The molecule has 0 aromatic carbocycles. The van der Waals surface area contributed by atoms with E-state index in [0.717, 1.165) is 96.3 Å². The van der Waals surface area contributed by atoms with Crippen LogP contribution in [-0.4, -0.2) is 99.6 Å². The smallest absolute Gasteiger partial charge is 0.306 e. The maximum atomic E-state index is 13.5. The fourth-order valence-electron chi connectivity index (χ4n) is 9.54. The molecule has 1 rings (SSSR count). The number of allylic oxidation sites excluding steroid dienone is 19. The number of ether oxygens (including phenoxy) is 3. The Morgan fingerprint density at radius 1 is 0.500 bits per heavy atom. The van der Waals surface area contributed by atoms with Crippen molar-refractivity contribution in [3.8, 4) is 0 Å². The normalized spacial score (nSPS) is 19.4. The lowest BCUT2D eigenvalue weighted by atomic mass is 9.99. The van der Waals surface area contributed by atoms with Gasteiger partial charge in [-0.3, -0.25) is 9.59 Å². The average molecular weight is 1150 g/mol. The average Bonchev–Trinajstić information content (AvgIpc) is 3.44. The van der Waals surface area contributed by atoms with Gasteiger partial charge in [0.05, 0.1) is 25.4 Å². The molecule has 1 fully saturated rings. The summed E-state index contributed by atoms with van der Waals surface area (Å²) in [7, 11) is 0. The molecule has 11 heteroatoms. The molecule has 1 heterocycles. The molecule has 8 unspecified atom stereocenters. The number of hydrogen-bond acceptors (Lipinski definition) is 10. The Balaban J connectivity index is 2.63. The van der Waals surface area contributed by atoms with Gasteiger partial charge in [-0.15, -0.1) is 0 Å². The van der Waals surface area contributed by atoms with Gasteiger partial charge >= 0.3 is 5.97 Å². The molecule has 0 saturated carbocycles. The zero-order chi connectivity index (χ0) is 59.6. The van der Waals surface area contributed by atoms with Crippen molar-refractivity contribution in [1.82, 2.24) is 5.32 Å². The van der Waals surface area contributed by atoms with Crippen LogP contribution in [0.1, 0.15) is 252 Å². The van der Waals surface area contributed by atoms with Gasteiger partial charge in [-0.2, -0.15) is 0 Å². The van der Waals surface area contributed by atoms with Gasteiger partial charge in [-0.1, -0.05) is 277 Å². The van der Waals surface area contributed by atoms with Gasteiger partial charge in [0.15, 0.2) is 12.4 Å². The Morgan fingerprint density at radius 3 is 1.45 bits per heavy atom. The fourth-order valence-corrected chi connectivity index (χ4v) is 9.54. The van der Waals surface area contributed by atoms with Crippen LogP contribution in [0.2, 0.25) is 0 Å². The summed E-state index contributed by atoms with van der Waals surface area (Å²) >= 11 is 0. The number of amides is 1. The molecule has 0 spiro atoms. The van der Waals surface area contributed by atoms with Crippen molar-refractivity contribution in [2.75, 3.05) is 13.2 Å². The second-order valence-corrected chi connectivity index (χ2v) is 22.2. The van der Waals surface area contributed by atoms with Gasteiger partial charge in [-0.05, 0) is 89.9 Å². The number of hydrogen-bond donors (Lipinski definition) is 6. The molecule has 82 heavy (non-hydrogen) atoms. The van der Waals surface area contributed by atoms with Crippen LogP contribution in [0.25, 0.3) is 0 Å². The van der Waals surface area contributed by atoms with Crippen molar-refractivity contribution in [1.29, 1.82) is 0 Å². The van der Waals surface area contributed by atoms with E-state index in [1.165, 1.54) is 109 Å². The summed E-state index contributed by atoms with van der Waals surface area (Å²) in [4.78, 5) is 26.6. The first kappa shape index (κ1) is 76.1. The topological polar surface area (TPSA) is 175 Å². The summed E-state index contributed by atoms with van der Waals surface area (Å²) in [6, 6.07) is -1.04. The van der Waals surface area contributed by atoms with Gasteiger partial charge < -0.3 is 45.1 Å². The Hall–Kier alpha value is -3.94. The lowest BCUT2D eigenvalue weighted by molar-refractivity contribution is -0.305. The number of rotatable bonds is 54. The molecule has 0 radical (unpaired) electrons. The molecule has 6 N–H and O–H groups in total. The molecular weight excluding hydrogens is 1030 g/mol. The van der Waals surface area contributed by atoms with Crippen molar-refractivity contribution >= 4 is 11.9 Å². The number of carbonyl (C=O) groups is 2. The summed E-state index contributed by atoms with van der Waals surface area (Å²) in [6.45, 7) is 5.58. The summed E-state index contributed by atoms with van der Waals surface area (Å²) in [5.41, 5.74) is 0. The maximum Gasteiger partial charge on any atom is 0.306 e. The highest BCUT2D eigenvalue weighted by Crippen LogP contribution is 2.26. The Morgan fingerprint density at radius 2 is 0.927 bits per heavy atom. The first-order valence-corrected chi connectivity index (χ1v) is 32.9. The second kappa shape index (κ2) is 57.5. The Bertz CT molecular complexity index is 1800. The minimum absolute atomic E-state index is 0.0681. The highest BCUT2D eigenvalue weighted by atomic mass is 16.7. The molecule has 8 atom stereocenters. The van der Waals surface area contributed by atoms with E-state index in [4.69, 9.17) is 14.2 Å². The van der Waals surface area contributed by atoms with E-state index in [2.05, 4.69) is 86.8 Å². The van der Waals surface area contributed by atoms with Crippen molar-refractivity contribution in [3.05, 3.63) is 122 Å². The molecule has 1 saturated heterocycles. The monoisotopic (exact) mass is 1150 g/mol. The van der Waals surface area contributed by atoms with E-state index in [9.17, 15) is 35.1 Å². The zero-order valence-electron chi connectivity index (χ0n) is 51.8. The second-order valence-electron chi connectivity index (χ2n) is 22.2. The molecule has 0 bridgehead atoms. The highest BCUT2D eigenvalue weighted by molar-refractivity contribution is 5.80. The van der Waals surface area contributed by atoms with Crippen LogP contribution in [0.5, 0.6) is 0 Å². The van der Waals surface area contributed by atoms with Crippen LogP contribution in [0.3, 0.4) is 0 Å². The molecule has 0 aliphatic carbocycles. The molecule has 468 valence electrons. The lowest BCUT2D eigenvalue weighted by Gasteiger charge is -2.41. The number of carbonyl (C=O) groups excluding carboxylic acids is 2. The first-order valence-electron chi connectivity index (χ1n) is 32.9. The molecule has 1 amide bonds. The molecular formula is C71H119NO10. The van der Waals surface area contributed by atoms with Crippen LogP contribution < -0.4 is 5.32 Å². The van der Waals surface area contributed by atoms with Crippen molar-refractivity contribution in [2.45, 2.75) is 301 Å². The Kier molecular flexibility index (Phi) is 53.3. The molecule has 1 aliphatic rings. The largest absolute Gasteiger partial charge is 0.454 e. The number of aliphatic hydroxyl groups is 5. The number of unbranched alkanes of at least 4 members (excludes halogenated alkanes) is 26. The SMILES string of the molecule is CC/C=C/C=C/C=C\C=C/C=C/CCCCCC(=O)OC1C(OCC(NC(=O)C(O)CCCCCCCCCCCC/C=C\C/C=C\C/C=C\C/C=C\CCCCC)C(O)/C=C/CCCCCCCCCCCC)OC(CO)C(O)C1O. The third-order valence-electron chi connectivity index (χ3n) is 14.7. The van der Waals surface area contributed by atoms with Gasteiger partial charge in [0.25, 0.3) is 0 Å². The highest BCUT2D eigenvalue weighted by Gasteiger charge is 2.47. The van der Waals surface area contributed by atoms with Crippen LogP contribution in [0, 0.1) is 0 Å². The molecule has 1 aliphatic heterocycles. The maximum absolute atomic E-state index is 13.5. The molecule has 0 aromatic heterocycles. The molecule has 11 nitrogen and oxygen atoms in total. The van der Waals surface area contributed by atoms with Gasteiger partial charge in [0.1, 0.15) is 24.4 Å². The van der Waals surface area contributed by atoms with Crippen LogP contribution in [-0.2, 0) is 23.8 Å². The van der Waals surface area contributed by atoms with Crippen molar-refractivity contribution < 1.29 is 49.3 Å². The minimum atomic E-state index is -1.64. The predicted molar refractivity (Wildman–Crippen MR) is 342 cm³/mol. The standard InChI is InChI=1S/C71H119NO10/c1-4-7-10-13-16-19-22-25-27-28-29-30-31-32-33-34-35-36-37-39-40-43-46-49-52-55-58-64(75)70(79)72-62(63(74)57-54-51-48-45-42-24-21-18-15-12-9-6-3)61-80-71-69(68(78)67(77)65(60-73)81-71)82-66(76)59-56-53-50-47-44-41-38-26-23-20-17-14-11-8-5-2/h8,11,14,16-17,19-20,23,25-27,29-30,32-33,38,41,44,54,57,62-65,67-69,71,73-75,77-78H,4-7,9-10,12-13,15,18,21-22,24,28,31,34-37,39-40,42-43,45-53,55-56,58-61H2,1-3H3,(H,72,79)/b11-8+,17-14+,19-16-,23-20-,27-25-,30-29-,33-32-,38-26-,44-41+,57-54+. The first-order chi connectivity index (χ1) is 40.2. The van der Waals surface area contributed by atoms with E-state index in [-0.39, 0.29) is 19.4 Å². The van der Waals surface area contributed by atoms with E-state index < -0.39 is 67.4 Å². The van der Waals surface area contributed by atoms with E-state index in [1.807, 2.05) is 54.7 Å². The third-order valence-corrected chi connectivity index (χ3v) is 14.7. The Labute approximate surface area is 500 Å². The molecule has 0 aromatic rings. The number of esters is 1. The van der Waals surface area contributed by atoms with Gasteiger partial charge in [0.2, 0.25) is 5.91 Å². The van der Waals surface area contributed by atoms with E-state index in [1.54, 1.807) is 6.08 Å². The third kappa shape index (κ3) is 44.6.